The van der Waals surface area contributed by atoms with E-state index in [9.17, 15) is 8.42 Å². The van der Waals surface area contributed by atoms with Gasteiger partial charge in [0.25, 0.3) is 10.2 Å². The van der Waals surface area contributed by atoms with Crippen molar-refractivity contribution in [1.29, 1.82) is 0 Å². The first-order valence-electron chi connectivity index (χ1n) is 6.88. The summed E-state index contributed by atoms with van der Waals surface area (Å²) in [4.78, 5) is 0. The van der Waals surface area contributed by atoms with Crippen LogP contribution in [-0.4, -0.2) is 45.4 Å². The first-order valence-corrected chi connectivity index (χ1v) is 8.32. The fourth-order valence-corrected chi connectivity index (χ4v) is 3.77. The molecule has 1 unspecified atom stereocenters. The Labute approximate surface area is 112 Å². The molecule has 1 fully saturated rings. The summed E-state index contributed by atoms with van der Waals surface area (Å²) in [6.07, 6.45) is 3.91. The molecule has 1 saturated heterocycles. The molecular weight excluding hydrogens is 250 g/mol. The molecule has 1 atom stereocenters. The maximum absolute atomic E-state index is 12.2. The highest BCUT2D eigenvalue weighted by atomic mass is 32.2. The summed E-state index contributed by atoms with van der Waals surface area (Å²) in [6, 6.07) is 0.0975. The van der Waals surface area contributed by atoms with Gasteiger partial charge in [-0.2, -0.15) is 12.7 Å². The highest BCUT2D eigenvalue weighted by Gasteiger charge is 2.31. The van der Waals surface area contributed by atoms with E-state index in [1.54, 1.807) is 4.31 Å². The van der Waals surface area contributed by atoms with E-state index in [1.165, 1.54) is 0 Å². The molecule has 0 aromatic carbocycles. The quantitative estimate of drug-likeness (QED) is 0.728. The van der Waals surface area contributed by atoms with Gasteiger partial charge in [0.2, 0.25) is 0 Å². The van der Waals surface area contributed by atoms with Gasteiger partial charge in [0.1, 0.15) is 0 Å². The van der Waals surface area contributed by atoms with Crippen LogP contribution in [-0.2, 0) is 10.2 Å². The molecule has 108 valence electrons. The molecule has 6 heteroatoms. The molecule has 0 radical (unpaired) electrons. The van der Waals surface area contributed by atoms with Crippen molar-refractivity contribution in [3.63, 3.8) is 0 Å². The number of likely N-dealkylation sites (N-methyl/N-ethyl adjacent to an activating group) is 1. The third kappa shape index (κ3) is 4.84. The number of piperidine rings is 1. The van der Waals surface area contributed by atoms with E-state index in [1.807, 2.05) is 7.05 Å². The maximum atomic E-state index is 12.2. The van der Waals surface area contributed by atoms with E-state index in [-0.39, 0.29) is 6.04 Å². The van der Waals surface area contributed by atoms with Crippen molar-refractivity contribution >= 4 is 10.2 Å². The highest BCUT2D eigenvalue weighted by molar-refractivity contribution is 7.87. The summed E-state index contributed by atoms with van der Waals surface area (Å²) in [5.41, 5.74) is 0. The second-order valence-electron chi connectivity index (χ2n) is 5.40. The Morgan fingerprint density at radius 2 is 2.06 bits per heavy atom. The number of nitrogens with zero attached hydrogens (tertiary/aromatic N) is 1. The van der Waals surface area contributed by atoms with Gasteiger partial charge in [-0.05, 0) is 32.2 Å². The second-order valence-corrected chi connectivity index (χ2v) is 7.11. The van der Waals surface area contributed by atoms with Crippen LogP contribution in [0.2, 0.25) is 0 Å². The summed E-state index contributed by atoms with van der Waals surface area (Å²) in [6.45, 7) is 6.09. The topological polar surface area (TPSA) is 61.4 Å². The van der Waals surface area contributed by atoms with Crippen LogP contribution >= 0.6 is 0 Å². The van der Waals surface area contributed by atoms with Crippen LogP contribution in [0.25, 0.3) is 0 Å². The Hall–Kier alpha value is -0.170. The van der Waals surface area contributed by atoms with Crippen LogP contribution in [0.1, 0.15) is 39.5 Å². The molecule has 1 rings (SSSR count). The van der Waals surface area contributed by atoms with Crippen molar-refractivity contribution in [3.05, 3.63) is 0 Å². The van der Waals surface area contributed by atoms with Gasteiger partial charge in [0, 0.05) is 25.7 Å². The number of nitrogens with one attached hydrogen (secondary N) is 2. The molecule has 2 N–H and O–H groups in total. The molecule has 0 amide bonds. The Kier molecular flexibility index (Phi) is 6.55. The lowest BCUT2D eigenvalue weighted by atomic mass is 10.1. The van der Waals surface area contributed by atoms with E-state index < -0.39 is 10.2 Å². The van der Waals surface area contributed by atoms with E-state index in [2.05, 4.69) is 23.9 Å². The third-order valence-electron chi connectivity index (χ3n) is 3.33. The average molecular weight is 277 g/mol. The zero-order chi connectivity index (χ0) is 13.6. The van der Waals surface area contributed by atoms with Crippen LogP contribution in [0, 0.1) is 5.92 Å². The van der Waals surface area contributed by atoms with Gasteiger partial charge in [-0.3, -0.25) is 0 Å². The van der Waals surface area contributed by atoms with Crippen LogP contribution in [0.5, 0.6) is 0 Å². The van der Waals surface area contributed by atoms with Crippen molar-refractivity contribution in [2.75, 3.05) is 26.7 Å². The van der Waals surface area contributed by atoms with Crippen LogP contribution in [0.3, 0.4) is 0 Å². The first kappa shape index (κ1) is 15.9. The van der Waals surface area contributed by atoms with Crippen molar-refractivity contribution < 1.29 is 8.42 Å². The molecule has 0 spiro atoms. The molecule has 0 aromatic rings. The SMILES string of the molecule is CNCC1CCCCN1S(=O)(=O)NCCC(C)C. The number of hydrogen-bond acceptors (Lipinski definition) is 3. The Bertz CT molecular complexity index is 328. The average Bonchev–Trinajstić information content (AvgIpc) is 2.29. The van der Waals surface area contributed by atoms with Crippen LogP contribution < -0.4 is 10.0 Å². The minimum atomic E-state index is -3.31. The molecule has 1 aliphatic rings. The number of rotatable bonds is 7. The van der Waals surface area contributed by atoms with Crippen molar-refractivity contribution in [1.82, 2.24) is 14.3 Å². The Morgan fingerprint density at radius 1 is 1.33 bits per heavy atom. The predicted octanol–water partition coefficient (Wildman–Crippen LogP) is 0.941. The second kappa shape index (κ2) is 7.43. The predicted molar refractivity (Wildman–Crippen MR) is 74.6 cm³/mol. The lowest BCUT2D eigenvalue weighted by Gasteiger charge is -2.34. The molecule has 1 aliphatic heterocycles. The summed E-state index contributed by atoms with van der Waals surface area (Å²) in [5.74, 6) is 0.516. The van der Waals surface area contributed by atoms with Crippen LogP contribution in [0.15, 0.2) is 0 Å². The molecule has 1 heterocycles. The van der Waals surface area contributed by atoms with Gasteiger partial charge < -0.3 is 5.32 Å². The zero-order valence-corrected chi connectivity index (χ0v) is 12.6. The van der Waals surface area contributed by atoms with E-state index >= 15 is 0 Å². The Balaban J connectivity index is 2.57. The van der Waals surface area contributed by atoms with Gasteiger partial charge in [-0.1, -0.05) is 20.3 Å². The molecule has 0 aromatic heterocycles. The maximum Gasteiger partial charge on any atom is 0.279 e. The van der Waals surface area contributed by atoms with Crippen molar-refractivity contribution in [3.8, 4) is 0 Å². The summed E-state index contributed by atoms with van der Waals surface area (Å²) >= 11 is 0. The summed E-state index contributed by atoms with van der Waals surface area (Å²) < 4.78 is 28.8. The molecule has 0 bridgehead atoms. The summed E-state index contributed by atoms with van der Waals surface area (Å²) in [7, 11) is -1.44. The molecule has 18 heavy (non-hydrogen) atoms. The normalized spacial score (nSPS) is 22.6. The van der Waals surface area contributed by atoms with Gasteiger partial charge in [-0.25, -0.2) is 4.72 Å². The van der Waals surface area contributed by atoms with Crippen molar-refractivity contribution in [2.45, 2.75) is 45.6 Å². The molecule has 0 aliphatic carbocycles. The van der Waals surface area contributed by atoms with Gasteiger partial charge in [-0.15, -0.1) is 0 Å². The zero-order valence-electron chi connectivity index (χ0n) is 11.8. The monoisotopic (exact) mass is 277 g/mol. The van der Waals surface area contributed by atoms with Crippen molar-refractivity contribution in [2.24, 2.45) is 5.92 Å². The smallest absolute Gasteiger partial charge is 0.279 e. The standard InChI is InChI=1S/C12H27N3O2S/c1-11(2)7-8-14-18(16,17)15-9-5-4-6-12(15)10-13-3/h11-14H,4-10H2,1-3H3. The fraction of sp³-hybridized carbons (Fsp3) is 1.00. The van der Waals surface area contributed by atoms with Gasteiger partial charge in [0.15, 0.2) is 0 Å². The first-order chi connectivity index (χ1) is 8.47. The lowest BCUT2D eigenvalue weighted by molar-refractivity contribution is 0.246. The Morgan fingerprint density at radius 3 is 2.67 bits per heavy atom. The van der Waals surface area contributed by atoms with E-state index in [4.69, 9.17) is 0 Å². The van der Waals surface area contributed by atoms with Crippen LogP contribution in [0.4, 0.5) is 0 Å². The van der Waals surface area contributed by atoms with Gasteiger partial charge in [0.05, 0.1) is 0 Å². The number of hydrogen-bond donors (Lipinski definition) is 2. The molecule has 0 saturated carbocycles. The van der Waals surface area contributed by atoms with E-state index in [0.717, 1.165) is 32.2 Å². The largest absolute Gasteiger partial charge is 0.318 e. The fourth-order valence-electron chi connectivity index (χ4n) is 2.29. The molecule has 5 nitrogen and oxygen atoms in total. The minimum absolute atomic E-state index is 0.0975. The van der Waals surface area contributed by atoms with Gasteiger partial charge >= 0.3 is 0 Å². The van der Waals surface area contributed by atoms with E-state index in [0.29, 0.717) is 19.0 Å². The minimum Gasteiger partial charge on any atom is -0.318 e. The summed E-state index contributed by atoms with van der Waals surface area (Å²) in [5, 5.41) is 3.08. The highest BCUT2D eigenvalue weighted by Crippen LogP contribution is 2.19. The molecular formula is C12H27N3O2S. The lowest BCUT2D eigenvalue weighted by Crippen LogP contribution is -2.52. The third-order valence-corrected chi connectivity index (χ3v) is 4.99.